The van der Waals surface area contributed by atoms with Gasteiger partial charge in [-0.05, 0) is 35.9 Å². The first-order valence-electron chi connectivity index (χ1n) is 10.1. The molecule has 2 aromatic carbocycles. The van der Waals surface area contributed by atoms with Crippen LogP contribution >= 0.6 is 11.6 Å². The highest BCUT2D eigenvalue weighted by molar-refractivity contribution is 6.32. The van der Waals surface area contributed by atoms with E-state index in [4.69, 9.17) is 25.8 Å². The van der Waals surface area contributed by atoms with Crippen LogP contribution in [-0.4, -0.2) is 56.4 Å². The van der Waals surface area contributed by atoms with Gasteiger partial charge in [0.2, 0.25) is 0 Å². The van der Waals surface area contributed by atoms with E-state index in [1.54, 1.807) is 17.0 Å². The largest absolute Gasteiger partial charge is 0.522 e. The highest BCUT2D eigenvalue weighted by atomic mass is 35.5. The molecule has 0 aliphatic carbocycles. The minimum absolute atomic E-state index is 0.0408. The van der Waals surface area contributed by atoms with E-state index in [0.29, 0.717) is 18.5 Å². The van der Waals surface area contributed by atoms with Crippen molar-refractivity contribution in [1.82, 2.24) is 4.90 Å². The highest BCUT2D eigenvalue weighted by Crippen LogP contribution is 2.43. The first-order valence-corrected chi connectivity index (χ1v) is 10.5. The number of carbonyl (C=O) groups is 1. The molecule has 1 amide bonds. The van der Waals surface area contributed by atoms with Gasteiger partial charge in [-0.15, -0.1) is 13.2 Å². The standard InChI is InChI=1S/C22H20ClF4NO5/c23-17-10-14(4-5-18(17)30-8-9-32-22(25,26)27)20(29)28-7-6-21(19(12-28)31-13-33-21)15-2-1-3-16(24)11-15/h1-5,10-11,19H,6-9,12-13H2/t19?,21-/m1/s1. The summed E-state index contributed by atoms with van der Waals surface area (Å²) in [5.74, 6) is -0.543. The molecule has 0 bridgehead atoms. The number of piperidine rings is 1. The van der Waals surface area contributed by atoms with Gasteiger partial charge in [-0.3, -0.25) is 9.53 Å². The van der Waals surface area contributed by atoms with Crippen molar-refractivity contribution in [1.29, 1.82) is 0 Å². The van der Waals surface area contributed by atoms with Crippen LogP contribution in [0.2, 0.25) is 5.02 Å². The molecule has 2 saturated heterocycles. The summed E-state index contributed by atoms with van der Waals surface area (Å²) in [6.07, 6.45) is -4.79. The summed E-state index contributed by atoms with van der Waals surface area (Å²) in [4.78, 5) is 14.6. The second-order valence-corrected chi connectivity index (χ2v) is 8.01. The fraction of sp³-hybridized carbons (Fsp3) is 0.409. The molecule has 2 atom stereocenters. The molecule has 0 radical (unpaired) electrons. The Morgan fingerprint density at radius 1 is 1.21 bits per heavy atom. The number of likely N-dealkylation sites (tertiary alicyclic amines) is 1. The molecule has 2 aliphatic heterocycles. The van der Waals surface area contributed by atoms with Crippen LogP contribution in [0.5, 0.6) is 5.75 Å². The lowest BCUT2D eigenvalue weighted by molar-refractivity contribution is -0.325. The third kappa shape index (κ3) is 5.24. The van der Waals surface area contributed by atoms with Crippen molar-refractivity contribution in [2.45, 2.75) is 24.5 Å². The maximum Gasteiger partial charge on any atom is 0.522 e. The maximum atomic E-state index is 13.8. The van der Waals surface area contributed by atoms with Crippen LogP contribution < -0.4 is 4.74 Å². The number of hydrogen-bond acceptors (Lipinski definition) is 5. The Morgan fingerprint density at radius 2 is 2.03 bits per heavy atom. The maximum absolute atomic E-state index is 13.8. The van der Waals surface area contributed by atoms with Crippen LogP contribution in [0.25, 0.3) is 0 Å². The van der Waals surface area contributed by atoms with Gasteiger partial charge in [0.15, 0.2) is 0 Å². The van der Waals surface area contributed by atoms with Crippen molar-refractivity contribution in [2.24, 2.45) is 0 Å². The Labute approximate surface area is 191 Å². The van der Waals surface area contributed by atoms with Crippen LogP contribution in [0.1, 0.15) is 22.3 Å². The van der Waals surface area contributed by atoms with Crippen LogP contribution in [0.15, 0.2) is 42.5 Å². The molecule has 2 aromatic rings. The van der Waals surface area contributed by atoms with Crippen LogP contribution in [0, 0.1) is 5.82 Å². The minimum Gasteiger partial charge on any atom is -0.490 e. The van der Waals surface area contributed by atoms with Gasteiger partial charge < -0.3 is 19.1 Å². The SMILES string of the molecule is O=C(c1ccc(OCCOC(F)(F)F)c(Cl)c1)N1CC[C@]2(c3cccc(F)c3)OCOC2C1. The molecular formula is C22H20ClF4NO5. The third-order valence-electron chi connectivity index (χ3n) is 5.63. The second-order valence-electron chi connectivity index (χ2n) is 7.61. The van der Waals surface area contributed by atoms with Crippen molar-refractivity contribution >= 4 is 17.5 Å². The zero-order valence-electron chi connectivity index (χ0n) is 17.2. The molecule has 178 valence electrons. The predicted molar refractivity (Wildman–Crippen MR) is 108 cm³/mol. The van der Waals surface area contributed by atoms with E-state index in [2.05, 4.69) is 4.74 Å². The monoisotopic (exact) mass is 489 g/mol. The number of benzene rings is 2. The number of ether oxygens (including phenoxy) is 4. The van der Waals surface area contributed by atoms with Crippen molar-refractivity contribution in [3.63, 3.8) is 0 Å². The van der Waals surface area contributed by atoms with Crippen molar-refractivity contribution in [3.8, 4) is 5.75 Å². The topological polar surface area (TPSA) is 57.2 Å². The molecule has 2 heterocycles. The van der Waals surface area contributed by atoms with E-state index in [0.717, 1.165) is 0 Å². The van der Waals surface area contributed by atoms with Crippen molar-refractivity contribution in [3.05, 3.63) is 64.4 Å². The fourth-order valence-corrected chi connectivity index (χ4v) is 4.30. The molecule has 0 saturated carbocycles. The smallest absolute Gasteiger partial charge is 0.490 e. The zero-order chi connectivity index (χ0) is 23.6. The van der Waals surface area contributed by atoms with Gasteiger partial charge in [-0.2, -0.15) is 0 Å². The van der Waals surface area contributed by atoms with Gasteiger partial charge in [0.05, 0.1) is 18.2 Å². The number of amides is 1. The molecule has 0 spiro atoms. The summed E-state index contributed by atoms with van der Waals surface area (Å²) >= 11 is 6.15. The molecule has 0 N–H and O–H groups in total. The number of alkyl halides is 3. The van der Waals surface area contributed by atoms with Gasteiger partial charge in [0.25, 0.3) is 5.91 Å². The number of hydrogen-bond donors (Lipinski definition) is 0. The summed E-state index contributed by atoms with van der Waals surface area (Å²) < 4.78 is 70.3. The summed E-state index contributed by atoms with van der Waals surface area (Å²) in [6, 6.07) is 10.4. The normalized spacial score (nSPS) is 22.8. The molecule has 11 heteroatoms. The Bertz CT molecular complexity index is 1020. The molecular weight excluding hydrogens is 470 g/mol. The summed E-state index contributed by atoms with van der Waals surface area (Å²) in [5.41, 5.74) is 0.124. The molecule has 4 rings (SSSR count). The van der Waals surface area contributed by atoms with E-state index in [-0.39, 0.29) is 48.0 Å². The van der Waals surface area contributed by atoms with E-state index < -0.39 is 24.7 Å². The van der Waals surface area contributed by atoms with E-state index in [1.807, 2.05) is 0 Å². The van der Waals surface area contributed by atoms with Gasteiger partial charge in [0.1, 0.15) is 36.7 Å². The van der Waals surface area contributed by atoms with Crippen LogP contribution in [-0.2, 0) is 19.8 Å². The van der Waals surface area contributed by atoms with Gasteiger partial charge >= 0.3 is 6.36 Å². The number of carbonyl (C=O) groups excluding carboxylic acids is 1. The molecule has 2 fully saturated rings. The summed E-state index contributed by atoms with van der Waals surface area (Å²) in [5, 5.41) is 0.0828. The van der Waals surface area contributed by atoms with Gasteiger partial charge in [0, 0.05) is 18.5 Å². The van der Waals surface area contributed by atoms with E-state index in [1.165, 1.54) is 30.3 Å². The molecule has 1 unspecified atom stereocenters. The predicted octanol–water partition coefficient (Wildman–Crippen LogP) is 4.51. The van der Waals surface area contributed by atoms with Crippen LogP contribution in [0.3, 0.4) is 0 Å². The number of fused-ring (bicyclic) bond motifs is 1. The fourth-order valence-electron chi connectivity index (χ4n) is 4.07. The molecule has 33 heavy (non-hydrogen) atoms. The highest BCUT2D eigenvalue weighted by Gasteiger charge is 2.51. The summed E-state index contributed by atoms with van der Waals surface area (Å²) in [7, 11) is 0. The Morgan fingerprint density at radius 3 is 2.76 bits per heavy atom. The lowest BCUT2D eigenvalue weighted by atomic mass is 9.82. The zero-order valence-corrected chi connectivity index (χ0v) is 18.0. The Balaban J connectivity index is 1.40. The second kappa shape index (κ2) is 9.46. The first-order chi connectivity index (χ1) is 15.7. The summed E-state index contributed by atoms with van der Waals surface area (Å²) in [6.45, 7) is -0.427. The molecule has 0 aromatic heterocycles. The first kappa shape index (κ1) is 23.7. The molecule has 2 aliphatic rings. The quantitative estimate of drug-likeness (QED) is 0.441. The average Bonchev–Trinajstić information content (AvgIpc) is 3.21. The Kier molecular flexibility index (Phi) is 6.81. The van der Waals surface area contributed by atoms with Gasteiger partial charge in [-0.25, -0.2) is 4.39 Å². The van der Waals surface area contributed by atoms with E-state index >= 15 is 0 Å². The third-order valence-corrected chi connectivity index (χ3v) is 5.93. The average molecular weight is 490 g/mol. The lowest BCUT2D eigenvalue weighted by Gasteiger charge is -2.42. The van der Waals surface area contributed by atoms with Gasteiger partial charge in [-0.1, -0.05) is 23.7 Å². The number of rotatable bonds is 6. The van der Waals surface area contributed by atoms with Crippen molar-refractivity contribution in [2.75, 3.05) is 33.1 Å². The number of halogens is 5. The Hall–Kier alpha value is -2.40. The van der Waals surface area contributed by atoms with Crippen molar-refractivity contribution < 1.29 is 41.3 Å². The number of nitrogens with zero attached hydrogens (tertiary/aromatic N) is 1. The molecule has 6 nitrogen and oxygen atoms in total. The lowest BCUT2D eigenvalue weighted by Crippen LogP contribution is -2.53. The van der Waals surface area contributed by atoms with Crippen LogP contribution in [0.4, 0.5) is 17.6 Å². The minimum atomic E-state index is -4.74. The van der Waals surface area contributed by atoms with E-state index in [9.17, 15) is 22.4 Å².